The van der Waals surface area contributed by atoms with E-state index >= 15 is 0 Å². The Labute approximate surface area is 200 Å². The van der Waals surface area contributed by atoms with Gasteiger partial charge in [-0.25, -0.2) is 0 Å². The molecule has 1 aromatic heterocycles. The molecule has 0 radical (unpaired) electrons. The highest BCUT2D eigenvalue weighted by Gasteiger charge is 2.38. The standard InChI is InChI=1S/C27H39N3O2Si/c1-27(2,3)33(5,6)32-19-24-8-7-13-30(24)18-20-14-23(17-28-16-20)21-9-11-25-22(15-21)10-12-26(31)29(25)4/h9,11,14-17,24H,7-8,10,12-13,18-19H2,1-6H3/t24-/m0/s1. The average Bonchev–Trinajstić information content (AvgIpc) is 3.21. The molecule has 2 aliphatic heterocycles. The van der Waals surface area contributed by atoms with Crippen molar-refractivity contribution in [1.82, 2.24) is 9.88 Å². The number of carbonyl (C=O) groups excluding carboxylic acids is 1. The molecule has 1 atom stereocenters. The molecule has 3 heterocycles. The number of anilines is 1. The van der Waals surface area contributed by atoms with Crippen LogP contribution in [-0.4, -0.2) is 50.3 Å². The van der Waals surface area contributed by atoms with Crippen molar-refractivity contribution in [2.24, 2.45) is 0 Å². The molecule has 5 nitrogen and oxygen atoms in total. The van der Waals surface area contributed by atoms with E-state index in [1.165, 1.54) is 29.5 Å². The van der Waals surface area contributed by atoms with Gasteiger partial charge in [-0.1, -0.05) is 26.8 Å². The summed E-state index contributed by atoms with van der Waals surface area (Å²) in [4.78, 5) is 20.9. The number of fused-ring (bicyclic) bond motifs is 1. The summed E-state index contributed by atoms with van der Waals surface area (Å²) in [5.74, 6) is 0.191. The van der Waals surface area contributed by atoms with Gasteiger partial charge in [-0.15, -0.1) is 0 Å². The predicted molar refractivity (Wildman–Crippen MR) is 138 cm³/mol. The third kappa shape index (κ3) is 5.23. The monoisotopic (exact) mass is 465 g/mol. The zero-order valence-corrected chi connectivity index (χ0v) is 22.1. The molecule has 0 bridgehead atoms. The fourth-order valence-electron chi connectivity index (χ4n) is 4.62. The molecular weight excluding hydrogens is 426 g/mol. The largest absolute Gasteiger partial charge is 0.415 e. The van der Waals surface area contributed by atoms with Crippen LogP contribution in [-0.2, 0) is 22.2 Å². The second-order valence-electron chi connectivity index (χ2n) is 11.2. The number of rotatable bonds is 6. The smallest absolute Gasteiger partial charge is 0.227 e. The Morgan fingerprint density at radius 2 is 1.91 bits per heavy atom. The molecule has 4 rings (SSSR count). The molecule has 178 valence electrons. The Morgan fingerprint density at radius 1 is 1.12 bits per heavy atom. The van der Waals surface area contributed by atoms with Gasteiger partial charge in [0.25, 0.3) is 0 Å². The molecule has 1 saturated heterocycles. The SMILES string of the molecule is CN1C(=O)CCc2cc(-c3cncc(CN4CCC[C@H]4CO[Si](C)(C)C(C)(C)C)c3)ccc21. The molecule has 6 heteroatoms. The number of hydrogen-bond acceptors (Lipinski definition) is 4. The predicted octanol–water partition coefficient (Wildman–Crippen LogP) is 5.64. The highest BCUT2D eigenvalue weighted by atomic mass is 28.4. The zero-order chi connectivity index (χ0) is 23.8. The molecule has 1 aromatic carbocycles. The first-order valence-electron chi connectivity index (χ1n) is 12.3. The second kappa shape index (κ2) is 9.32. The number of nitrogens with zero attached hydrogens (tertiary/aromatic N) is 3. The molecule has 0 saturated carbocycles. The number of likely N-dealkylation sites (tertiary alicyclic amines) is 1. The van der Waals surface area contributed by atoms with Gasteiger partial charge in [-0.2, -0.15) is 0 Å². The number of pyridine rings is 1. The van der Waals surface area contributed by atoms with Crippen LogP contribution in [0.15, 0.2) is 36.7 Å². The van der Waals surface area contributed by atoms with E-state index in [-0.39, 0.29) is 10.9 Å². The normalized spacial score (nSPS) is 19.8. The lowest BCUT2D eigenvalue weighted by atomic mass is 9.96. The van der Waals surface area contributed by atoms with Crippen LogP contribution in [0.1, 0.15) is 51.2 Å². The van der Waals surface area contributed by atoms with Crippen molar-refractivity contribution < 1.29 is 9.22 Å². The van der Waals surface area contributed by atoms with Crippen molar-refractivity contribution in [1.29, 1.82) is 0 Å². The second-order valence-corrected chi connectivity index (χ2v) is 16.0. The lowest BCUT2D eigenvalue weighted by molar-refractivity contribution is -0.118. The minimum atomic E-state index is -1.73. The molecule has 2 aliphatic rings. The lowest BCUT2D eigenvalue weighted by Crippen LogP contribution is -2.44. The van der Waals surface area contributed by atoms with E-state index < -0.39 is 8.32 Å². The van der Waals surface area contributed by atoms with E-state index in [9.17, 15) is 4.79 Å². The Balaban J connectivity index is 1.46. The summed E-state index contributed by atoms with van der Waals surface area (Å²) in [5, 5.41) is 0.242. The third-order valence-corrected chi connectivity index (χ3v) is 12.4. The lowest BCUT2D eigenvalue weighted by Gasteiger charge is -2.38. The Bertz CT molecular complexity index is 1010. The van der Waals surface area contributed by atoms with E-state index in [2.05, 4.69) is 68.0 Å². The van der Waals surface area contributed by atoms with Gasteiger partial charge in [0.1, 0.15) is 0 Å². The van der Waals surface area contributed by atoms with Crippen LogP contribution in [0.5, 0.6) is 0 Å². The topological polar surface area (TPSA) is 45.7 Å². The van der Waals surface area contributed by atoms with E-state index in [4.69, 9.17) is 4.43 Å². The molecule has 2 aromatic rings. The molecule has 0 unspecified atom stereocenters. The summed E-state index contributed by atoms with van der Waals surface area (Å²) in [6, 6.07) is 9.17. The van der Waals surface area contributed by atoms with Gasteiger partial charge in [0.15, 0.2) is 8.32 Å². The minimum absolute atomic E-state index is 0.191. The Morgan fingerprint density at radius 3 is 2.67 bits per heavy atom. The fraction of sp³-hybridized carbons (Fsp3) is 0.556. The molecule has 0 N–H and O–H groups in total. The van der Waals surface area contributed by atoms with Crippen LogP contribution in [0.4, 0.5) is 5.69 Å². The van der Waals surface area contributed by atoms with Crippen molar-refractivity contribution in [2.75, 3.05) is 25.1 Å². The van der Waals surface area contributed by atoms with Crippen LogP contribution in [0, 0.1) is 0 Å². The molecule has 1 fully saturated rings. The van der Waals surface area contributed by atoms with Gasteiger partial charge in [0.05, 0.1) is 0 Å². The number of amides is 1. The van der Waals surface area contributed by atoms with E-state index in [0.717, 1.165) is 37.4 Å². The van der Waals surface area contributed by atoms with E-state index in [1.54, 1.807) is 4.90 Å². The van der Waals surface area contributed by atoms with Crippen LogP contribution in [0.3, 0.4) is 0 Å². The summed E-state index contributed by atoms with van der Waals surface area (Å²) < 4.78 is 6.56. The van der Waals surface area contributed by atoms with Crippen LogP contribution < -0.4 is 4.90 Å². The van der Waals surface area contributed by atoms with Crippen LogP contribution in [0.25, 0.3) is 11.1 Å². The Kier molecular flexibility index (Phi) is 6.81. The molecule has 0 spiro atoms. The maximum Gasteiger partial charge on any atom is 0.227 e. The summed E-state index contributed by atoms with van der Waals surface area (Å²) in [7, 11) is 0.132. The summed E-state index contributed by atoms with van der Waals surface area (Å²) in [6.07, 6.45) is 7.78. The quantitative estimate of drug-likeness (QED) is 0.518. The van der Waals surface area contributed by atoms with Gasteiger partial charge in [0.2, 0.25) is 5.91 Å². The maximum atomic E-state index is 12.0. The summed E-state index contributed by atoms with van der Waals surface area (Å²) in [6.45, 7) is 14.5. The molecule has 33 heavy (non-hydrogen) atoms. The highest BCUT2D eigenvalue weighted by Crippen LogP contribution is 2.37. The number of aryl methyl sites for hydroxylation is 1. The van der Waals surface area contributed by atoms with Gasteiger partial charge < -0.3 is 9.33 Å². The minimum Gasteiger partial charge on any atom is -0.415 e. The molecule has 0 aliphatic carbocycles. The number of aromatic nitrogens is 1. The van der Waals surface area contributed by atoms with Gasteiger partial charge in [-0.05, 0) is 78.8 Å². The van der Waals surface area contributed by atoms with E-state index in [0.29, 0.717) is 12.5 Å². The first-order valence-corrected chi connectivity index (χ1v) is 15.2. The van der Waals surface area contributed by atoms with Crippen LogP contribution >= 0.6 is 0 Å². The number of hydrogen-bond donors (Lipinski definition) is 0. The van der Waals surface area contributed by atoms with Crippen molar-refractivity contribution in [2.45, 2.75) is 77.2 Å². The van der Waals surface area contributed by atoms with Crippen molar-refractivity contribution in [3.05, 3.63) is 47.8 Å². The highest BCUT2D eigenvalue weighted by molar-refractivity contribution is 6.74. The summed E-state index contributed by atoms with van der Waals surface area (Å²) >= 11 is 0. The van der Waals surface area contributed by atoms with Crippen molar-refractivity contribution in [3.8, 4) is 11.1 Å². The van der Waals surface area contributed by atoms with Gasteiger partial charge >= 0.3 is 0 Å². The first-order chi connectivity index (χ1) is 15.5. The Hall–Kier alpha value is -2.02. The maximum absolute atomic E-state index is 12.0. The van der Waals surface area contributed by atoms with Gasteiger partial charge in [-0.3, -0.25) is 14.7 Å². The number of benzene rings is 1. The fourth-order valence-corrected chi connectivity index (χ4v) is 5.66. The molecular formula is C27H39N3O2Si. The van der Waals surface area contributed by atoms with Crippen LogP contribution in [0.2, 0.25) is 18.1 Å². The average molecular weight is 466 g/mol. The summed E-state index contributed by atoms with van der Waals surface area (Å²) in [5.41, 5.74) is 5.83. The number of carbonyl (C=O) groups is 1. The van der Waals surface area contributed by atoms with Gasteiger partial charge in [0, 0.05) is 56.3 Å². The first kappa shape index (κ1) is 24.1. The van der Waals surface area contributed by atoms with Crippen molar-refractivity contribution >= 4 is 19.9 Å². The zero-order valence-electron chi connectivity index (χ0n) is 21.1. The molecule has 1 amide bonds. The van der Waals surface area contributed by atoms with E-state index in [1.807, 2.05) is 19.4 Å². The van der Waals surface area contributed by atoms with Crippen molar-refractivity contribution in [3.63, 3.8) is 0 Å². The third-order valence-electron chi connectivity index (χ3n) is 7.88.